The second-order valence-corrected chi connectivity index (χ2v) is 10.5. The molecule has 2 aromatic rings. The van der Waals surface area contributed by atoms with E-state index >= 15 is 0 Å². The molecular weight excluding hydrogens is 440 g/mol. The maximum atomic E-state index is 11.7. The van der Waals surface area contributed by atoms with E-state index in [9.17, 15) is 19.8 Å². The fourth-order valence-electron chi connectivity index (χ4n) is 5.42. The van der Waals surface area contributed by atoms with Crippen molar-refractivity contribution in [2.75, 3.05) is 18.0 Å². The molecule has 182 valence electrons. The van der Waals surface area contributed by atoms with Crippen molar-refractivity contribution in [3.05, 3.63) is 82.6 Å². The molecule has 0 unspecified atom stereocenters. The maximum absolute atomic E-state index is 11.7. The zero-order chi connectivity index (χ0) is 25.7. The number of benzene rings is 2. The molecule has 6 nitrogen and oxygen atoms in total. The monoisotopic (exact) mass is 473 g/mol. The van der Waals surface area contributed by atoms with E-state index in [1.807, 2.05) is 65.8 Å². The third-order valence-corrected chi connectivity index (χ3v) is 7.19. The molecule has 2 aliphatic rings. The van der Waals surface area contributed by atoms with Crippen molar-refractivity contribution in [1.82, 2.24) is 0 Å². The minimum absolute atomic E-state index is 0.128. The largest absolute Gasteiger partial charge is 0.480 e. The molecule has 0 atom stereocenters. The fraction of sp³-hybridized carbons (Fsp3) is 0.345. The van der Waals surface area contributed by atoms with Crippen molar-refractivity contribution in [2.24, 2.45) is 0 Å². The molecule has 6 heteroatoms. The zero-order valence-corrected chi connectivity index (χ0v) is 21.2. The minimum Gasteiger partial charge on any atom is -0.480 e. The van der Waals surface area contributed by atoms with Crippen LogP contribution in [0, 0.1) is 13.8 Å². The van der Waals surface area contributed by atoms with Gasteiger partial charge in [-0.15, -0.1) is 0 Å². The predicted molar refractivity (Wildman–Crippen MR) is 138 cm³/mol. The lowest BCUT2D eigenvalue weighted by molar-refractivity contribution is -0.428. The van der Waals surface area contributed by atoms with E-state index in [2.05, 4.69) is 39.8 Å². The van der Waals surface area contributed by atoms with E-state index in [4.69, 9.17) is 0 Å². The Kier molecular flexibility index (Phi) is 5.95. The van der Waals surface area contributed by atoms with Crippen LogP contribution in [-0.4, -0.2) is 45.5 Å². The Bertz CT molecular complexity index is 1330. The van der Waals surface area contributed by atoms with Gasteiger partial charge in [0.05, 0.1) is 5.41 Å². The molecule has 35 heavy (non-hydrogen) atoms. The topological polar surface area (TPSA) is 80.9 Å². The van der Waals surface area contributed by atoms with Gasteiger partial charge in [0, 0.05) is 34.5 Å². The van der Waals surface area contributed by atoms with Gasteiger partial charge in [-0.3, -0.25) is 4.79 Å². The number of aliphatic carboxylic acids is 2. The SMILES string of the molecule is Cc1ccc2c(c1)C(C)(C)C(/C=C/C=C1/N(CC(=O)O)c3ccc(C)cc3C1(C)C)=[N+]2CC(=O)O. The van der Waals surface area contributed by atoms with Crippen LogP contribution >= 0.6 is 0 Å². The van der Waals surface area contributed by atoms with Gasteiger partial charge >= 0.3 is 11.9 Å². The number of carboxylic acids is 2. The quantitative estimate of drug-likeness (QED) is 0.572. The van der Waals surface area contributed by atoms with Crippen LogP contribution in [0.4, 0.5) is 11.4 Å². The van der Waals surface area contributed by atoms with Crippen LogP contribution in [0.25, 0.3) is 0 Å². The van der Waals surface area contributed by atoms with Gasteiger partial charge in [0.2, 0.25) is 12.2 Å². The van der Waals surface area contributed by atoms with Crippen LogP contribution in [0.2, 0.25) is 0 Å². The van der Waals surface area contributed by atoms with E-state index in [-0.39, 0.29) is 23.9 Å². The maximum Gasteiger partial charge on any atom is 0.370 e. The van der Waals surface area contributed by atoms with Crippen molar-refractivity contribution in [1.29, 1.82) is 0 Å². The Labute approximate surface area is 206 Å². The van der Waals surface area contributed by atoms with Gasteiger partial charge in [0.15, 0.2) is 5.71 Å². The molecule has 0 saturated heterocycles. The van der Waals surface area contributed by atoms with Gasteiger partial charge in [0.25, 0.3) is 0 Å². The number of aryl methyl sites for hydroxylation is 2. The van der Waals surface area contributed by atoms with Gasteiger partial charge in [-0.2, -0.15) is 4.58 Å². The Morgan fingerprint density at radius 2 is 1.54 bits per heavy atom. The van der Waals surface area contributed by atoms with E-state index in [0.717, 1.165) is 45.0 Å². The highest BCUT2D eigenvalue weighted by Crippen LogP contribution is 2.48. The average molecular weight is 474 g/mol. The number of carbonyl (C=O) groups is 2. The zero-order valence-electron chi connectivity index (χ0n) is 21.2. The van der Waals surface area contributed by atoms with E-state index in [0.29, 0.717) is 0 Å². The molecule has 0 bridgehead atoms. The molecule has 4 rings (SSSR count). The first kappa shape index (κ1) is 24.5. The second-order valence-electron chi connectivity index (χ2n) is 10.5. The standard InChI is InChI=1S/C29H32N2O4/c1-18-10-12-22-20(14-18)28(3,4)24(30(22)16-26(32)33)8-7-9-25-29(5,6)21-15-19(2)11-13-23(21)31(25)17-27(34)35/h7-15H,16-17H2,1-6H3,(H-,32,33,34,35)/p+1. The number of allylic oxidation sites excluding steroid dienone is 4. The molecule has 0 fully saturated rings. The molecule has 0 aliphatic carbocycles. The molecule has 0 radical (unpaired) electrons. The van der Waals surface area contributed by atoms with Gasteiger partial charge < -0.3 is 15.1 Å². The molecular formula is C29H33N2O4+. The van der Waals surface area contributed by atoms with Crippen LogP contribution in [0.5, 0.6) is 0 Å². The number of hydrogen-bond acceptors (Lipinski definition) is 3. The summed E-state index contributed by atoms with van der Waals surface area (Å²) >= 11 is 0. The number of anilines is 1. The Morgan fingerprint density at radius 3 is 2.17 bits per heavy atom. The molecule has 2 aromatic carbocycles. The summed E-state index contributed by atoms with van der Waals surface area (Å²) in [5.74, 6) is -1.79. The van der Waals surface area contributed by atoms with Gasteiger partial charge in [-0.25, -0.2) is 4.79 Å². The summed E-state index contributed by atoms with van der Waals surface area (Å²) in [5, 5.41) is 19.2. The van der Waals surface area contributed by atoms with Crippen molar-refractivity contribution in [2.45, 2.75) is 52.4 Å². The summed E-state index contributed by atoms with van der Waals surface area (Å²) in [4.78, 5) is 25.3. The third kappa shape index (κ3) is 4.18. The van der Waals surface area contributed by atoms with Crippen molar-refractivity contribution in [3.8, 4) is 0 Å². The highest BCUT2D eigenvalue weighted by molar-refractivity contribution is 6.03. The van der Waals surface area contributed by atoms with Crippen LogP contribution in [-0.2, 0) is 20.4 Å². The summed E-state index contributed by atoms with van der Waals surface area (Å²) in [7, 11) is 0. The normalized spacial score (nSPS) is 18.9. The number of carboxylic acid groups (broad SMARTS) is 2. The lowest BCUT2D eigenvalue weighted by Gasteiger charge is -2.25. The van der Waals surface area contributed by atoms with Crippen LogP contribution in [0.3, 0.4) is 0 Å². The first-order chi connectivity index (χ1) is 16.3. The smallest absolute Gasteiger partial charge is 0.370 e. The van der Waals surface area contributed by atoms with E-state index in [1.54, 1.807) is 0 Å². The van der Waals surface area contributed by atoms with Crippen LogP contribution in [0.15, 0.2) is 60.3 Å². The van der Waals surface area contributed by atoms with E-state index in [1.165, 1.54) is 0 Å². The third-order valence-electron chi connectivity index (χ3n) is 7.19. The lowest BCUT2D eigenvalue weighted by atomic mass is 9.80. The summed E-state index contributed by atoms with van der Waals surface area (Å²) in [6, 6.07) is 12.2. The first-order valence-corrected chi connectivity index (χ1v) is 11.8. The molecule has 0 aromatic heterocycles. The number of hydrogen-bond donors (Lipinski definition) is 2. The van der Waals surface area contributed by atoms with Crippen molar-refractivity contribution in [3.63, 3.8) is 0 Å². The van der Waals surface area contributed by atoms with Gasteiger partial charge in [-0.05, 0) is 51.5 Å². The first-order valence-electron chi connectivity index (χ1n) is 11.8. The Morgan fingerprint density at radius 1 is 0.914 bits per heavy atom. The summed E-state index contributed by atoms with van der Waals surface area (Å²) < 4.78 is 1.86. The summed E-state index contributed by atoms with van der Waals surface area (Å²) in [6.45, 7) is 12.2. The van der Waals surface area contributed by atoms with Gasteiger partial charge in [0.1, 0.15) is 6.54 Å². The van der Waals surface area contributed by atoms with Crippen molar-refractivity contribution < 1.29 is 24.4 Å². The predicted octanol–water partition coefficient (Wildman–Crippen LogP) is 5.09. The Hall–Kier alpha value is -3.67. The van der Waals surface area contributed by atoms with Gasteiger partial charge in [-0.1, -0.05) is 49.2 Å². The molecule has 2 heterocycles. The molecule has 0 saturated carbocycles. The highest BCUT2D eigenvalue weighted by Gasteiger charge is 2.45. The van der Waals surface area contributed by atoms with E-state index < -0.39 is 11.9 Å². The van der Waals surface area contributed by atoms with Crippen LogP contribution < -0.4 is 4.90 Å². The number of fused-ring (bicyclic) bond motifs is 2. The lowest BCUT2D eigenvalue weighted by Crippen LogP contribution is -2.31. The van der Waals surface area contributed by atoms with Crippen LogP contribution in [0.1, 0.15) is 49.9 Å². The molecule has 2 aliphatic heterocycles. The highest BCUT2D eigenvalue weighted by atomic mass is 16.4. The second kappa shape index (κ2) is 8.52. The summed E-state index contributed by atoms with van der Waals surface area (Å²) in [5.41, 5.74) is 7.31. The molecule has 2 N–H and O–H groups in total. The Balaban J connectivity index is 1.80. The number of nitrogens with zero attached hydrogens (tertiary/aromatic N) is 2. The molecule has 0 amide bonds. The number of rotatable bonds is 6. The molecule has 0 spiro atoms. The average Bonchev–Trinajstić information content (AvgIpc) is 3.07. The fourth-order valence-corrected chi connectivity index (χ4v) is 5.42. The summed E-state index contributed by atoms with van der Waals surface area (Å²) in [6.07, 6.45) is 5.86. The minimum atomic E-state index is -0.895. The van der Waals surface area contributed by atoms with Crippen molar-refractivity contribution >= 4 is 29.0 Å².